The van der Waals surface area contributed by atoms with Gasteiger partial charge in [0.05, 0.1) is 17.6 Å². The van der Waals surface area contributed by atoms with Crippen LogP contribution >= 0.6 is 0 Å². The summed E-state index contributed by atoms with van der Waals surface area (Å²) in [4.78, 5) is 13.6. The molecule has 0 saturated carbocycles. The summed E-state index contributed by atoms with van der Waals surface area (Å²) in [6, 6.07) is 5.82. The smallest absolute Gasteiger partial charge is 0.253 e. The van der Waals surface area contributed by atoms with Crippen molar-refractivity contribution < 1.29 is 23.1 Å². The third kappa shape index (κ3) is 4.59. The van der Waals surface area contributed by atoms with Gasteiger partial charge < -0.3 is 14.7 Å². The second-order valence-electron chi connectivity index (χ2n) is 4.59. The zero-order valence-corrected chi connectivity index (χ0v) is 12.6. The average molecular weight is 301 g/mol. The van der Waals surface area contributed by atoms with Gasteiger partial charge in [-0.05, 0) is 18.2 Å². The van der Waals surface area contributed by atoms with Crippen molar-refractivity contribution in [2.45, 2.75) is 11.0 Å². The fourth-order valence-electron chi connectivity index (χ4n) is 1.72. The molecule has 1 unspecified atom stereocenters. The molecule has 0 saturated heterocycles. The van der Waals surface area contributed by atoms with E-state index in [1.807, 2.05) is 0 Å². The van der Waals surface area contributed by atoms with Crippen molar-refractivity contribution in [1.29, 1.82) is 0 Å². The van der Waals surface area contributed by atoms with Crippen LogP contribution in [-0.2, 0) is 14.6 Å². The van der Waals surface area contributed by atoms with E-state index in [9.17, 15) is 18.3 Å². The Hall–Kier alpha value is -1.44. The molecule has 0 heterocycles. The quantitative estimate of drug-likeness (QED) is 0.809. The number of methoxy groups -OCH3 is 1. The molecule has 0 aromatic heterocycles. The maximum Gasteiger partial charge on any atom is 0.253 e. The molecule has 1 atom stereocenters. The zero-order valence-electron chi connectivity index (χ0n) is 11.7. The fourth-order valence-corrected chi connectivity index (χ4v) is 2.39. The highest BCUT2D eigenvalue weighted by Gasteiger charge is 2.17. The van der Waals surface area contributed by atoms with E-state index in [4.69, 9.17) is 4.74 Å². The van der Waals surface area contributed by atoms with E-state index >= 15 is 0 Å². The van der Waals surface area contributed by atoms with Gasteiger partial charge in [0, 0.05) is 32.5 Å². The van der Waals surface area contributed by atoms with Gasteiger partial charge in [0.2, 0.25) is 0 Å². The number of aliphatic hydroxyl groups excluding tert-OH is 1. The van der Waals surface area contributed by atoms with Gasteiger partial charge in [0.1, 0.15) is 0 Å². The Labute approximate surface area is 118 Å². The Morgan fingerprint density at radius 3 is 2.65 bits per heavy atom. The van der Waals surface area contributed by atoms with Gasteiger partial charge in [-0.1, -0.05) is 6.07 Å². The first-order valence-electron chi connectivity index (χ1n) is 5.98. The highest BCUT2D eigenvalue weighted by Crippen LogP contribution is 2.13. The van der Waals surface area contributed by atoms with Crippen molar-refractivity contribution in [1.82, 2.24) is 4.90 Å². The molecule has 1 aromatic carbocycles. The van der Waals surface area contributed by atoms with E-state index in [0.29, 0.717) is 0 Å². The third-order valence-electron chi connectivity index (χ3n) is 2.70. The number of nitrogens with zero attached hydrogens (tertiary/aromatic N) is 1. The summed E-state index contributed by atoms with van der Waals surface area (Å²) in [5, 5.41) is 9.58. The number of aliphatic hydroxyl groups is 1. The number of likely N-dealkylation sites (N-methyl/N-ethyl adjacent to an activating group) is 1. The number of rotatable bonds is 6. The molecule has 0 radical (unpaired) electrons. The minimum Gasteiger partial charge on any atom is -0.389 e. The van der Waals surface area contributed by atoms with E-state index in [-0.39, 0.29) is 29.5 Å². The number of hydrogen-bond acceptors (Lipinski definition) is 5. The lowest BCUT2D eigenvalue weighted by Gasteiger charge is -2.20. The molecule has 0 bridgehead atoms. The van der Waals surface area contributed by atoms with Gasteiger partial charge in [-0.25, -0.2) is 8.42 Å². The van der Waals surface area contributed by atoms with E-state index in [1.54, 1.807) is 0 Å². The Bertz CT molecular complexity index is 570. The number of carbonyl (C=O) groups excluding carboxylic acids is 1. The van der Waals surface area contributed by atoms with E-state index in [2.05, 4.69) is 0 Å². The molecular weight excluding hydrogens is 282 g/mol. The molecule has 7 heteroatoms. The number of benzene rings is 1. The lowest BCUT2D eigenvalue weighted by molar-refractivity contribution is 0.0380. The van der Waals surface area contributed by atoms with Gasteiger partial charge in [0.15, 0.2) is 9.84 Å². The molecule has 6 nitrogen and oxygen atoms in total. The summed E-state index contributed by atoms with van der Waals surface area (Å²) in [7, 11) is -0.361. The highest BCUT2D eigenvalue weighted by atomic mass is 32.2. The Kier molecular flexibility index (Phi) is 5.67. The molecule has 1 aromatic rings. The van der Waals surface area contributed by atoms with Crippen LogP contribution in [0.2, 0.25) is 0 Å². The first-order chi connectivity index (χ1) is 9.25. The third-order valence-corrected chi connectivity index (χ3v) is 3.81. The van der Waals surface area contributed by atoms with Crippen LogP contribution < -0.4 is 0 Å². The summed E-state index contributed by atoms with van der Waals surface area (Å²) in [6.07, 6.45) is 0.301. The van der Waals surface area contributed by atoms with E-state index in [0.717, 1.165) is 6.26 Å². The van der Waals surface area contributed by atoms with Gasteiger partial charge in [-0.3, -0.25) is 4.79 Å². The molecule has 0 aliphatic carbocycles. The summed E-state index contributed by atoms with van der Waals surface area (Å²) < 4.78 is 27.7. The standard InChI is InChI=1S/C13H19NO5S/c1-14(8-11(15)9-19-2)13(16)10-5-4-6-12(7-10)20(3,17)18/h4-7,11,15H,8-9H2,1-3H3. The number of ether oxygens (including phenoxy) is 1. The SMILES string of the molecule is COCC(O)CN(C)C(=O)c1cccc(S(C)(=O)=O)c1. The number of sulfone groups is 1. The number of hydrogen-bond donors (Lipinski definition) is 1. The van der Waals surface area contributed by atoms with Crippen molar-refractivity contribution in [3.05, 3.63) is 29.8 Å². The lowest BCUT2D eigenvalue weighted by atomic mass is 10.2. The van der Waals surface area contributed by atoms with Crippen LogP contribution in [0, 0.1) is 0 Å². The van der Waals surface area contributed by atoms with Crippen LogP contribution in [0.3, 0.4) is 0 Å². The molecule has 0 fully saturated rings. The molecule has 112 valence electrons. The van der Waals surface area contributed by atoms with Crippen LogP contribution in [0.25, 0.3) is 0 Å². The Morgan fingerprint density at radius 2 is 2.10 bits per heavy atom. The van der Waals surface area contributed by atoms with Crippen LogP contribution in [0.5, 0.6) is 0 Å². The van der Waals surface area contributed by atoms with Gasteiger partial charge in [-0.2, -0.15) is 0 Å². The monoisotopic (exact) mass is 301 g/mol. The van der Waals surface area contributed by atoms with Gasteiger partial charge in [0.25, 0.3) is 5.91 Å². The molecule has 0 aliphatic rings. The average Bonchev–Trinajstić information content (AvgIpc) is 2.37. The normalized spacial score (nSPS) is 13.0. The molecule has 0 spiro atoms. The first-order valence-corrected chi connectivity index (χ1v) is 7.87. The van der Waals surface area contributed by atoms with Crippen molar-refractivity contribution >= 4 is 15.7 Å². The predicted molar refractivity (Wildman–Crippen MR) is 74.4 cm³/mol. The topological polar surface area (TPSA) is 83.9 Å². The summed E-state index contributed by atoms with van der Waals surface area (Å²) in [5.41, 5.74) is 0.264. The number of carbonyl (C=O) groups is 1. The highest BCUT2D eigenvalue weighted by molar-refractivity contribution is 7.90. The van der Waals surface area contributed by atoms with E-state index < -0.39 is 15.9 Å². The largest absolute Gasteiger partial charge is 0.389 e. The summed E-state index contributed by atoms with van der Waals surface area (Å²) >= 11 is 0. The zero-order chi connectivity index (χ0) is 15.3. The second-order valence-corrected chi connectivity index (χ2v) is 6.61. The second kappa shape index (κ2) is 6.83. The summed E-state index contributed by atoms with van der Waals surface area (Å²) in [5.74, 6) is -0.356. The van der Waals surface area contributed by atoms with Crippen LogP contribution in [-0.4, -0.2) is 64.0 Å². The van der Waals surface area contributed by atoms with Crippen molar-refractivity contribution in [3.8, 4) is 0 Å². The van der Waals surface area contributed by atoms with E-state index in [1.165, 1.54) is 43.3 Å². The minimum atomic E-state index is -3.36. The van der Waals surface area contributed by atoms with Crippen LogP contribution in [0.4, 0.5) is 0 Å². The van der Waals surface area contributed by atoms with Crippen molar-refractivity contribution in [2.75, 3.05) is 33.6 Å². The van der Waals surface area contributed by atoms with Crippen molar-refractivity contribution in [2.24, 2.45) is 0 Å². The fraction of sp³-hybridized carbons (Fsp3) is 0.462. The molecule has 1 rings (SSSR count). The molecule has 0 aliphatic heterocycles. The van der Waals surface area contributed by atoms with Crippen molar-refractivity contribution in [3.63, 3.8) is 0 Å². The molecular formula is C13H19NO5S. The maximum atomic E-state index is 12.1. The Morgan fingerprint density at radius 1 is 1.45 bits per heavy atom. The van der Waals surface area contributed by atoms with Crippen LogP contribution in [0.15, 0.2) is 29.2 Å². The number of amides is 1. The lowest BCUT2D eigenvalue weighted by Crippen LogP contribution is -2.36. The molecule has 20 heavy (non-hydrogen) atoms. The Balaban J connectivity index is 2.87. The van der Waals surface area contributed by atoms with Gasteiger partial charge >= 0.3 is 0 Å². The molecule has 1 amide bonds. The van der Waals surface area contributed by atoms with Crippen LogP contribution in [0.1, 0.15) is 10.4 Å². The minimum absolute atomic E-state index is 0.0918. The van der Waals surface area contributed by atoms with Gasteiger partial charge in [-0.15, -0.1) is 0 Å². The first kappa shape index (κ1) is 16.6. The maximum absolute atomic E-state index is 12.1. The molecule has 1 N–H and O–H groups in total. The summed E-state index contributed by atoms with van der Waals surface area (Å²) in [6.45, 7) is 0.233. The predicted octanol–water partition coefficient (Wildman–Crippen LogP) is 0.169.